The van der Waals surface area contributed by atoms with E-state index in [1.807, 2.05) is 26.8 Å². The largest absolute Gasteiger partial charge is 0.383 e. The summed E-state index contributed by atoms with van der Waals surface area (Å²) in [5.41, 5.74) is 7.58. The maximum atomic E-state index is 13.4. The highest BCUT2D eigenvalue weighted by Crippen LogP contribution is 2.22. The average molecular weight is 401 g/mol. The third-order valence-corrected chi connectivity index (χ3v) is 4.92. The zero-order chi connectivity index (χ0) is 21.6. The van der Waals surface area contributed by atoms with Crippen LogP contribution < -0.4 is 21.9 Å². The van der Waals surface area contributed by atoms with Crippen LogP contribution in [0.3, 0.4) is 0 Å². The fraction of sp³-hybridized carbons (Fsp3) is 0.500. The topological polar surface area (TPSA) is 101 Å². The smallest absolute Gasteiger partial charge is 0.330 e. The summed E-state index contributed by atoms with van der Waals surface area (Å²) in [5, 5.41) is 0. The molecule has 7 heteroatoms. The van der Waals surface area contributed by atoms with Gasteiger partial charge in [-0.15, -0.1) is 0 Å². The fourth-order valence-electron chi connectivity index (χ4n) is 3.47. The second-order valence-electron chi connectivity index (χ2n) is 7.54. The maximum absolute atomic E-state index is 13.4. The first kappa shape index (κ1) is 22.5. The Morgan fingerprint density at radius 2 is 1.66 bits per heavy atom. The van der Waals surface area contributed by atoms with Crippen molar-refractivity contribution in [3.63, 3.8) is 0 Å². The van der Waals surface area contributed by atoms with Crippen LogP contribution in [-0.4, -0.2) is 22.0 Å². The van der Waals surface area contributed by atoms with Crippen LogP contribution in [0.4, 0.5) is 11.5 Å². The number of anilines is 2. The van der Waals surface area contributed by atoms with E-state index in [0.29, 0.717) is 18.7 Å². The minimum absolute atomic E-state index is 0.0430. The highest BCUT2D eigenvalue weighted by atomic mass is 16.2. The van der Waals surface area contributed by atoms with Crippen molar-refractivity contribution in [1.29, 1.82) is 0 Å². The Bertz CT molecular complexity index is 955. The number of carbonyl (C=O) groups is 1. The minimum Gasteiger partial charge on any atom is -0.383 e. The number of nitrogens with two attached hydrogens (primary N) is 1. The van der Waals surface area contributed by atoms with Crippen molar-refractivity contribution in [3.05, 3.63) is 55.7 Å². The molecule has 158 valence electrons. The summed E-state index contributed by atoms with van der Waals surface area (Å²) >= 11 is 0. The van der Waals surface area contributed by atoms with Gasteiger partial charge in [0.25, 0.3) is 11.5 Å². The second-order valence-corrected chi connectivity index (χ2v) is 7.54. The molecular weight excluding hydrogens is 368 g/mol. The molecule has 0 spiro atoms. The van der Waals surface area contributed by atoms with E-state index < -0.39 is 11.2 Å². The van der Waals surface area contributed by atoms with Gasteiger partial charge in [-0.2, -0.15) is 0 Å². The van der Waals surface area contributed by atoms with E-state index in [4.69, 9.17) is 5.73 Å². The third kappa shape index (κ3) is 5.37. The number of aromatic amines is 1. The number of H-pyrrole nitrogens is 1. The molecular formula is C22H32N4O3. The fourth-order valence-corrected chi connectivity index (χ4v) is 3.47. The van der Waals surface area contributed by atoms with Crippen LogP contribution in [0.25, 0.3) is 0 Å². The van der Waals surface area contributed by atoms with Crippen LogP contribution >= 0.6 is 0 Å². The van der Waals surface area contributed by atoms with Crippen molar-refractivity contribution in [3.8, 4) is 0 Å². The van der Waals surface area contributed by atoms with Gasteiger partial charge < -0.3 is 10.6 Å². The summed E-state index contributed by atoms with van der Waals surface area (Å²) in [7, 11) is 0. The molecule has 29 heavy (non-hydrogen) atoms. The summed E-state index contributed by atoms with van der Waals surface area (Å²) in [6.45, 7) is 8.69. The number of nitrogen functional groups attached to an aromatic ring is 1. The number of rotatable bonds is 9. The van der Waals surface area contributed by atoms with Gasteiger partial charge in [-0.05, 0) is 38.8 Å². The monoisotopic (exact) mass is 400 g/mol. The van der Waals surface area contributed by atoms with Crippen molar-refractivity contribution >= 4 is 17.4 Å². The van der Waals surface area contributed by atoms with Crippen LogP contribution in [0.5, 0.6) is 0 Å². The molecule has 0 atom stereocenters. The lowest BCUT2D eigenvalue weighted by Crippen LogP contribution is -2.41. The van der Waals surface area contributed by atoms with Crippen LogP contribution in [0.2, 0.25) is 0 Å². The first-order valence-electron chi connectivity index (χ1n) is 10.3. The van der Waals surface area contributed by atoms with Crippen LogP contribution in [0, 0.1) is 13.8 Å². The Hall–Kier alpha value is -2.83. The molecule has 0 aliphatic heterocycles. The molecule has 1 aromatic carbocycles. The SMILES string of the molecule is CCCCCN(C(=O)c1cc(C)cc(C)c1)c1c(N)n(CCCC)c(=O)[nH]c1=O. The number of amides is 1. The van der Waals surface area contributed by atoms with E-state index in [2.05, 4.69) is 11.9 Å². The molecule has 0 bridgehead atoms. The van der Waals surface area contributed by atoms with E-state index >= 15 is 0 Å². The number of nitrogens with zero attached hydrogens (tertiary/aromatic N) is 2. The molecule has 3 N–H and O–H groups in total. The number of hydrogen-bond donors (Lipinski definition) is 2. The Balaban J connectivity index is 2.58. The minimum atomic E-state index is -0.630. The molecule has 0 fully saturated rings. The summed E-state index contributed by atoms with van der Waals surface area (Å²) in [6.07, 6.45) is 4.26. The summed E-state index contributed by atoms with van der Waals surface area (Å²) in [5.74, 6) is -0.243. The van der Waals surface area contributed by atoms with Gasteiger partial charge in [-0.3, -0.25) is 19.1 Å². The Morgan fingerprint density at radius 1 is 1.03 bits per heavy atom. The second kappa shape index (κ2) is 10.1. The standard InChI is InChI=1S/C22H32N4O3/c1-5-7-9-11-25(21(28)17-13-15(3)12-16(4)14-17)18-19(23)26(10-8-6-2)22(29)24-20(18)27/h12-14H,5-11,23H2,1-4H3,(H,24,27,29). The number of carbonyl (C=O) groups excluding carboxylic acids is 1. The number of hydrogen-bond acceptors (Lipinski definition) is 4. The lowest BCUT2D eigenvalue weighted by atomic mass is 10.1. The van der Waals surface area contributed by atoms with Gasteiger partial charge in [0.2, 0.25) is 0 Å². The Labute approximate surface area is 171 Å². The normalized spacial score (nSPS) is 10.9. The number of benzene rings is 1. The number of unbranched alkanes of at least 4 members (excludes halogenated alkanes) is 3. The molecule has 1 aromatic heterocycles. The van der Waals surface area contributed by atoms with Gasteiger partial charge in [0.15, 0.2) is 5.69 Å². The molecule has 2 aromatic rings. The van der Waals surface area contributed by atoms with Gasteiger partial charge in [0.05, 0.1) is 0 Å². The van der Waals surface area contributed by atoms with Crippen LogP contribution in [-0.2, 0) is 6.54 Å². The van der Waals surface area contributed by atoms with Crippen LogP contribution in [0.15, 0.2) is 27.8 Å². The van der Waals surface area contributed by atoms with Gasteiger partial charge >= 0.3 is 5.69 Å². The Kier molecular flexibility index (Phi) is 7.82. The molecule has 1 amide bonds. The zero-order valence-electron chi connectivity index (χ0n) is 17.9. The van der Waals surface area contributed by atoms with Gasteiger partial charge in [0.1, 0.15) is 5.82 Å². The quantitative estimate of drug-likeness (QED) is 0.630. The molecule has 0 unspecified atom stereocenters. The number of nitrogens with one attached hydrogen (secondary N) is 1. The predicted octanol–water partition coefficient (Wildman–Crippen LogP) is 3.37. The molecule has 7 nitrogen and oxygen atoms in total. The predicted molar refractivity (Wildman–Crippen MR) is 118 cm³/mol. The van der Waals surface area contributed by atoms with E-state index in [1.165, 1.54) is 9.47 Å². The van der Waals surface area contributed by atoms with E-state index in [9.17, 15) is 14.4 Å². The first-order chi connectivity index (χ1) is 13.8. The molecule has 1 heterocycles. The van der Waals surface area contributed by atoms with Crippen molar-refractivity contribution < 1.29 is 4.79 Å². The van der Waals surface area contributed by atoms with Crippen molar-refractivity contribution in [2.24, 2.45) is 0 Å². The van der Waals surface area contributed by atoms with Crippen molar-refractivity contribution in [1.82, 2.24) is 9.55 Å². The number of aryl methyl sites for hydroxylation is 2. The lowest BCUT2D eigenvalue weighted by Gasteiger charge is -2.25. The van der Waals surface area contributed by atoms with Gasteiger partial charge in [-0.25, -0.2) is 4.79 Å². The molecule has 0 saturated carbocycles. The summed E-state index contributed by atoms with van der Waals surface area (Å²) in [6, 6.07) is 5.60. The number of aromatic nitrogens is 2. The van der Waals surface area contributed by atoms with E-state index in [0.717, 1.165) is 43.2 Å². The summed E-state index contributed by atoms with van der Waals surface area (Å²) in [4.78, 5) is 42.1. The van der Waals surface area contributed by atoms with Crippen molar-refractivity contribution in [2.75, 3.05) is 17.2 Å². The van der Waals surface area contributed by atoms with Gasteiger partial charge in [-0.1, -0.05) is 50.3 Å². The lowest BCUT2D eigenvalue weighted by molar-refractivity contribution is 0.0986. The highest BCUT2D eigenvalue weighted by molar-refractivity contribution is 6.07. The molecule has 2 rings (SSSR count). The highest BCUT2D eigenvalue weighted by Gasteiger charge is 2.25. The van der Waals surface area contributed by atoms with Gasteiger partial charge in [0, 0.05) is 18.7 Å². The molecule has 0 saturated heterocycles. The van der Waals surface area contributed by atoms with Crippen LogP contribution in [0.1, 0.15) is 67.4 Å². The van der Waals surface area contributed by atoms with E-state index in [-0.39, 0.29) is 17.4 Å². The maximum Gasteiger partial charge on any atom is 0.330 e. The van der Waals surface area contributed by atoms with Crippen molar-refractivity contribution in [2.45, 2.75) is 66.3 Å². The Morgan fingerprint density at radius 3 is 2.24 bits per heavy atom. The third-order valence-electron chi connectivity index (χ3n) is 4.92. The first-order valence-corrected chi connectivity index (χ1v) is 10.3. The molecule has 0 aliphatic carbocycles. The molecule has 0 aliphatic rings. The van der Waals surface area contributed by atoms with E-state index in [1.54, 1.807) is 12.1 Å². The average Bonchev–Trinajstić information content (AvgIpc) is 2.65. The molecule has 0 radical (unpaired) electrons. The zero-order valence-corrected chi connectivity index (χ0v) is 17.9. The summed E-state index contributed by atoms with van der Waals surface area (Å²) < 4.78 is 1.35.